The van der Waals surface area contributed by atoms with Crippen molar-refractivity contribution in [2.75, 3.05) is 20.1 Å². The van der Waals surface area contributed by atoms with Gasteiger partial charge in [0.15, 0.2) is 0 Å². The Morgan fingerprint density at radius 3 is 2.19 bits per heavy atom. The van der Waals surface area contributed by atoms with E-state index < -0.39 is 11.5 Å². The molecule has 5 heteroatoms. The first-order valence-electron chi connectivity index (χ1n) is 10.2. The third-order valence-corrected chi connectivity index (χ3v) is 7.90. The van der Waals surface area contributed by atoms with Gasteiger partial charge in [-0.15, -0.1) is 0 Å². The maximum absolute atomic E-state index is 13.4. The summed E-state index contributed by atoms with van der Waals surface area (Å²) in [6, 6.07) is 0.00145. The molecular weight excluding hydrogens is 328 g/mol. The van der Waals surface area contributed by atoms with Crippen LogP contribution in [0.5, 0.6) is 0 Å². The standard InChI is InChI=1S/C21H36N2O3/c1-19(2,3)16(24)17(25)22(6)15-9-12-23(13-15)18(26)21-10-7-14(8-11-21)20(21,4)5/h14-16,24H,7-13H2,1-6H3. The molecule has 3 fully saturated rings. The average Bonchev–Trinajstić information content (AvgIpc) is 3.23. The van der Waals surface area contributed by atoms with Crippen LogP contribution < -0.4 is 0 Å². The molecule has 2 bridgehead atoms. The summed E-state index contributed by atoms with van der Waals surface area (Å²) in [4.78, 5) is 29.7. The number of aliphatic hydroxyl groups is 1. The number of aliphatic hydroxyl groups excluding tert-OH is 1. The predicted molar refractivity (Wildman–Crippen MR) is 101 cm³/mol. The van der Waals surface area contributed by atoms with E-state index in [1.807, 2.05) is 25.7 Å². The molecule has 3 rings (SSSR count). The van der Waals surface area contributed by atoms with Crippen LogP contribution in [-0.2, 0) is 9.59 Å². The van der Waals surface area contributed by atoms with Crippen molar-refractivity contribution < 1.29 is 14.7 Å². The molecule has 2 unspecified atom stereocenters. The molecule has 0 aromatic heterocycles. The zero-order valence-corrected chi connectivity index (χ0v) is 17.3. The van der Waals surface area contributed by atoms with Crippen molar-refractivity contribution in [1.29, 1.82) is 0 Å². The van der Waals surface area contributed by atoms with Gasteiger partial charge in [0.2, 0.25) is 5.91 Å². The normalized spacial score (nSPS) is 34.2. The Morgan fingerprint density at radius 2 is 1.73 bits per heavy atom. The Labute approximate surface area is 158 Å². The van der Waals surface area contributed by atoms with Gasteiger partial charge in [-0.25, -0.2) is 0 Å². The number of rotatable bonds is 3. The number of carbonyl (C=O) groups excluding carboxylic acids is 2. The van der Waals surface area contributed by atoms with Crippen LogP contribution in [-0.4, -0.2) is 59.0 Å². The Kier molecular flexibility index (Phi) is 4.70. The highest BCUT2D eigenvalue weighted by molar-refractivity contribution is 5.85. The fourth-order valence-corrected chi connectivity index (χ4v) is 5.65. The van der Waals surface area contributed by atoms with E-state index in [2.05, 4.69) is 13.8 Å². The Bertz CT molecular complexity index is 585. The lowest BCUT2D eigenvalue weighted by atomic mass is 9.68. The van der Waals surface area contributed by atoms with E-state index >= 15 is 0 Å². The zero-order valence-electron chi connectivity index (χ0n) is 17.3. The molecule has 0 aromatic rings. The molecular formula is C21H36N2O3. The van der Waals surface area contributed by atoms with Crippen molar-refractivity contribution in [3.63, 3.8) is 0 Å². The minimum Gasteiger partial charge on any atom is -0.383 e. The largest absolute Gasteiger partial charge is 0.383 e. The fourth-order valence-electron chi connectivity index (χ4n) is 5.65. The van der Waals surface area contributed by atoms with Gasteiger partial charge in [-0.3, -0.25) is 9.59 Å². The molecule has 5 nitrogen and oxygen atoms in total. The second-order valence-corrected chi connectivity index (χ2v) is 10.5. The molecule has 1 aliphatic heterocycles. The van der Waals surface area contributed by atoms with Crippen LogP contribution in [0.2, 0.25) is 0 Å². The van der Waals surface area contributed by atoms with Gasteiger partial charge in [0.05, 0.1) is 11.5 Å². The first-order chi connectivity index (χ1) is 11.9. The molecule has 2 saturated carbocycles. The molecule has 1 saturated heterocycles. The number of fused-ring (bicyclic) bond motifs is 2. The van der Waals surface area contributed by atoms with Crippen LogP contribution in [0.25, 0.3) is 0 Å². The highest BCUT2D eigenvalue weighted by Gasteiger charge is 2.63. The summed E-state index contributed by atoms with van der Waals surface area (Å²) >= 11 is 0. The summed E-state index contributed by atoms with van der Waals surface area (Å²) < 4.78 is 0. The number of hydrogen-bond donors (Lipinski definition) is 1. The van der Waals surface area contributed by atoms with Crippen molar-refractivity contribution in [2.45, 2.75) is 78.9 Å². The van der Waals surface area contributed by atoms with Gasteiger partial charge in [0.25, 0.3) is 5.91 Å². The lowest BCUT2D eigenvalue weighted by Crippen LogP contribution is -2.50. The average molecular weight is 365 g/mol. The molecule has 2 aliphatic carbocycles. The molecule has 0 radical (unpaired) electrons. The van der Waals surface area contributed by atoms with E-state index in [0.29, 0.717) is 18.4 Å². The number of carbonyl (C=O) groups is 2. The lowest BCUT2D eigenvalue weighted by Gasteiger charge is -2.39. The van der Waals surface area contributed by atoms with Crippen LogP contribution in [0.1, 0.15) is 66.7 Å². The van der Waals surface area contributed by atoms with E-state index in [9.17, 15) is 14.7 Å². The summed E-state index contributed by atoms with van der Waals surface area (Å²) in [7, 11) is 1.76. The number of nitrogens with zero attached hydrogens (tertiary/aromatic N) is 2. The van der Waals surface area contributed by atoms with E-state index in [-0.39, 0.29) is 22.8 Å². The van der Waals surface area contributed by atoms with E-state index in [1.54, 1.807) is 11.9 Å². The summed E-state index contributed by atoms with van der Waals surface area (Å²) in [6.07, 6.45) is 4.16. The molecule has 0 spiro atoms. The van der Waals surface area contributed by atoms with Crippen LogP contribution in [0.4, 0.5) is 0 Å². The van der Waals surface area contributed by atoms with Gasteiger partial charge in [0, 0.05) is 20.1 Å². The number of likely N-dealkylation sites (tertiary alicyclic amines) is 1. The quantitative estimate of drug-likeness (QED) is 0.837. The second kappa shape index (κ2) is 6.22. The number of likely N-dealkylation sites (N-methyl/N-ethyl adjacent to an activating group) is 1. The minimum atomic E-state index is -1.01. The van der Waals surface area contributed by atoms with Crippen LogP contribution in [0.15, 0.2) is 0 Å². The maximum Gasteiger partial charge on any atom is 0.252 e. The molecule has 148 valence electrons. The summed E-state index contributed by atoms with van der Waals surface area (Å²) in [5.74, 6) is 0.746. The van der Waals surface area contributed by atoms with E-state index in [4.69, 9.17) is 0 Å². The van der Waals surface area contributed by atoms with Crippen molar-refractivity contribution >= 4 is 11.8 Å². The Balaban J connectivity index is 1.67. The first-order valence-corrected chi connectivity index (χ1v) is 10.2. The van der Waals surface area contributed by atoms with Crippen LogP contribution in [0, 0.1) is 22.2 Å². The van der Waals surface area contributed by atoms with Crippen molar-refractivity contribution in [3.05, 3.63) is 0 Å². The molecule has 2 atom stereocenters. The second-order valence-electron chi connectivity index (χ2n) is 10.5. The van der Waals surface area contributed by atoms with Gasteiger partial charge >= 0.3 is 0 Å². The molecule has 1 heterocycles. The Hall–Kier alpha value is -1.10. The highest BCUT2D eigenvalue weighted by Crippen LogP contribution is 2.66. The lowest BCUT2D eigenvalue weighted by molar-refractivity contribution is -0.149. The van der Waals surface area contributed by atoms with Crippen LogP contribution in [0.3, 0.4) is 0 Å². The van der Waals surface area contributed by atoms with Crippen LogP contribution >= 0.6 is 0 Å². The maximum atomic E-state index is 13.4. The summed E-state index contributed by atoms with van der Waals surface area (Å²) in [5, 5.41) is 10.3. The topological polar surface area (TPSA) is 60.9 Å². The third-order valence-electron chi connectivity index (χ3n) is 7.90. The summed E-state index contributed by atoms with van der Waals surface area (Å²) in [6.45, 7) is 11.5. The molecule has 0 aromatic carbocycles. The van der Waals surface area contributed by atoms with Crippen molar-refractivity contribution in [3.8, 4) is 0 Å². The predicted octanol–water partition coefficient (Wildman–Crippen LogP) is 2.67. The monoisotopic (exact) mass is 364 g/mol. The SMILES string of the molecule is CN(C(=O)C(O)C(C)(C)C)C1CCN(C(=O)C23CCC(CC2)C3(C)C)C1. The number of amides is 2. The van der Waals surface area contributed by atoms with Gasteiger partial charge in [-0.1, -0.05) is 34.6 Å². The van der Waals surface area contributed by atoms with E-state index in [0.717, 1.165) is 25.8 Å². The smallest absolute Gasteiger partial charge is 0.252 e. The fraction of sp³-hybridized carbons (Fsp3) is 0.905. The zero-order chi connectivity index (χ0) is 19.5. The molecule has 1 N–H and O–H groups in total. The first kappa shape index (κ1) is 19.7. The number of hydrogen-bond acceptors (Lipinski definition) is 3. The molecule has 2 amide bonds. The van der Waals surface area contributed by atoms with Gasteiger partial charge in [-0.05, 0) is 48.9 Å². The van der Waals surface area contributed by atoms with Gasteiger partial charge in [-0.2, -0.15) is 0 Å². The van der Waals surface area contributed by atoms with Gasteiger partial charge < -0.3 is 14.9 Å². The Morgan fingerprint density at radius 1 is 1.15 bits per heavy atom. The summed E-state index contributed by atoms with van der Waals surface area (Å²) in [5.41, 5.74) is -0.586. The minimum absolute atomic E-state index is 0.00145. The van der Waals surface area contributed by atoms with E-state index in [1.165, 1.54) is 12.8 Å². The molecule has 26 heavy (non-hydrogen) atoms. The van der Waals surface area contributed by atoms with Crippen molar-refractivity contribution in [1.82, 2.24) is 9.80 Å². The third kappa shape index (κ3) is 2.78. The van der Waals surface area contributed by atoms with Gasteiger partial charge in [0.1, 0.15) is 6.10 Å². The highest BCUT2D eigenvalue weighted by atomic mass is 16.3. The molecule has 3 aliphatic rings. The van der Waals surface area contributed by atoms with Crippen molar-refractivity contribution in [2.24, 2.45) is 22.2 Å².